The lowest BCUT2D eigenvalue weighted by atomic mass is 10.1. The first-order chi connectivity index (χ1) is 12.1. The third kappa shape index (κ3) is 5.60. The number of rotatable bonds is 7. The Bertz CT molecular complexity index is 731. The van der Waals surface area contributed by atoms with E-state index in [-0.39, 0.29) is 11.8 Å². The third-order valence-corrected chi connectivity index (χ3v) is 3.63. The minimum absolute atomic E-state index is 0.204. The summed E-state index contributed by atoms with van der Waals surface area (Å²) in [5.74, 6) is 0.415. The van der Waals surface area contributed by atoms with Crippen LogP contribution in [0.1, 0.15) is 36.1 Å². The second kappa shape index (κ2) is 9.42. The predicted octanol–water partition coefficient (Wildman–Crippen LogP) is 4.67. The molecular formula is C21H24N2O2. The van der Waals surface area contributed by atoms with Crippen molar-refractivity contribution in [2.45, 2.75) is 20.3 Å². The van der Waals surface area contributed by atoms with E-state index in [0.717, 1.165) is 23.1 Å². The van der Waals surface area contributed by atoms with E-state index in [4.69, 9.17) is 20.3 Å². The molecule has 4 nitrogen and oxygen atoms in total. The molecule has 2 aromatic rings. The van der Waals surface area contributed by atoms with E-state index in [1.54, 1.807) is 0 Å². The minimum atomic E-state index is 0.204. The van der Waals surface area contributed by atoms with Crippen molar-refractivity contribution in [1.29, 1.82) is 10.8 Å². The Morgan fingerprint density at radius 1 is 0.800 bits per heavy atom. The molecule has 0 bridgehead atoms. The molecule has 0 fully saturated rings. The highest BCUT2D eigenvalue weighted by atomic mass is 16.5. The fraction of sp³-hybridized carbons (Fsp3) is 0.238. The Kier molecular flexibility index (Phi) is 6.96. The lowest BCUT2D eigenvalue weighted by Gasteiger charge is -2.05. The van der Waals surface area contributed by atoms with Gasteiger partial charge in [-0.2, -0.15) is 0 Å². The largest absolute Gasteiger partial charge is 0.478 e. The zero-order valence-corrected chi connectivity index (χ0v) is 14.7. The van der Waals surface area contributed by atoms with Gasteiger partial charge in [-0.25, -0.2) is 0 Å². The summed E-state index contributed by atoms with van der Waals surface area (Å²) in [4.78, 5) is 0. The summed E-state index contributed by atoms with van der Waals surface area (Å²) in [5, 5.41) is 15.5. The molecule has 0 unspecified atom stereocenters. The summed E-state index contributed by atoms with van der Waals surface area (Å²) in [7, 11) is 0. The minimum Gasteiger partial charge on any atom is -0.478 e. The smallest absolute Gasteiger partial charge is 0.213 e. The fourth-order valence-corrected chi connectivity index (χ4v) is 2.32. The van der Waals surface area contributed by atoms with Gasteiger partial charge < -0.3 is 9.47 Å². The molecule has 4 heteroatoms. The van der Waals surface area contributed by atoms with Crippen molar-refractivity contribution in [2.24, 2.45) is 0 Å². The maximum absolute atomic E-state index is 7.76. The van der Waals surface area contributed by atoms with Crippen LogP contribution in [0.2, 0.25) is 0 Å². The van der Waals surface area contributed by atoms with E-state index in [9.17, 15) is 0 Å². The van der Waals surface area contributed by atoms with Crippen molar-refractivity contribution in [2.75, 3.05) is 13.2 Å². The van der Waals surface area contributed by atoms with Gasteiger partial charge in [0.1, 0.15) is 0 Å². The lowest BCUT2D eigenvalue weighted by Crippen LogP contribution is -2.04. The summed E-state index contributed by atoms with van der Waals surface area (Å²) in [6.45, 7) is 4.76. The van der Waals surface area contributed by atoms with Gasteiger partial charge in [0.25, 0.3) is 0 Å². The number of benzene rings is 2. The van der Waals surface area contributed by atoms with Crippen LogP contribution in [0.4, 0.5) is 0 Å². The highest BCUT2D eigenvalue weighted by molar-refractivity contribution is 5.92. The summed E-state index contributed by atoms with van der Waals surface area (Å²) in [5.41, 5.74) is 3.84. The molecule has 0 aliphatic carbocycles. The zero-order chi connectivity index (χ0) is 18.1. The van der Waals surface area contributed by atoms with Crippen molar-refractivity contribution in [3.05, 3.63) is 76.9 Å². The van der Waals surface area contributed by atoms with Crippen molar-refractivity contribution in [3.63, 3.8) is 0 Å². The molecule has 130 valence electrons. The van der Waals surface area contributed by atoms with Crippen molar-refractivity contribution in [1.82, 2.24) is 0 Å². The van der Waals surface area contributed by atoms with E-state index >= 15 is 0 Å². The van der Waals surface area contributed by atoms with Crippen LogP contribution in [0, 0.1) is 10.8 Å². The Morgan fingerprint density at radius 2 is 1.28 bits per heavy atom. The molecule has 0 radical (unpaired) electrons. The van der Waals surface area contributed by atoms with Crippen LogP contribution >= 0.6 is 0 Å². The summed E-state index contributed by atoms with van der Waals surface area (Å²) < 4.78 is 10.4. The molecule has 0 amide bonds. The van der Waals surface area contributed by atoms with E-state index in [1.165, 1.54) is 5.56 Å². The van der Waals surface area contributed by atoms with Gasteiger partial charge in [0.05, 0.1) is 13.2 Å². The first-order valence-corrected chi connectivity index (χ1v) is 8.43. The van der Waals surface area contributed by atoms with E-state index in [0.29, 0.717) is 13.2 Å². The van der Waals surface area contributed by atoms with Gasteiger partial charge in [0, 0.05) is 11.1 Å². The SMILES string of the molecule is CCOC(=N)c1ccc(C=CCc2ccc(C(=N)OCC)cc2)cc1. The molecule has 2 N–H and O–H groups in total. The van der Waals surface area contributed by atoms with Crippen molar-refractivity contribution in [3.8, 4) is 0 Å². The topological polar surface area (TPSA) is 66.2 Å². The quantitative estimate of drug-likeness (QED) is 0.570. The van der Waals surface area contributed by atoms with Crippen LogP contribution in [0.5, 0.6) is 0 Å². The number of nitrogens with one attached hydrogen (secondary N) is 2. The molecule has 0 aliphatic rings. The number of ether oxygens (including phenoxy) is 2. The molecule has 25 heavy (non-hydrogen) atoms. The Labute approximate surface area is 149 Å². The molecule has 2 rings (SSSR count). The van der Waals surface area contributed by atoms with Gasteiger partial charge in [-0.15, -0.1) is 0 Å². The zero-order valence-electron chi connectivity index (χ0n) is 14.7. The molecule has 0 saturated carbocycles. The molecular weight excluding hydrogens is 312 g/mol. The van der Waals surface area contributed by atoms with E-state index in [2.05, 4.69) is 12.2 Å². The van der Waals surface area contributed by atoms with Gasteiger partial charge in [-0.05, 0) is 55.7 Å². The van der Waals surface area contributed by atoms with Crippen LogP contribution in [-0.4, -0.2) is 25.0 Å². The Hall–Kier alpha value is -2.88. The highest BCUT2D eigenvalue weighted by Crippen LogP contribution is 2.10. The lowest BCUT2D eigenvalue weighted by molar-refractivity contribution is 0.325. The summed E-state index contributed by atoms with van der Waals surface area (Å²) in [6.07, 6.45) is 4.98. The van der Waals surface area contributed by atoms with Crippen molar-refractivity contribution < 1.29 is 9.47 Å². The summed E-state index contributed by atoms with van der Waals surface area (Å²) in [6, 6.07) is 15.6. The maximum Gasteiger partial charge on any atom is 0.213 e. The fourth-order valence-electron chi connectivity index (χ4n) is 2.32. The van der Waals surface area contributed by atoms with Crippen LogP contribution in [-0.2, 0) is 15.9 Å². The third-order valence-electron chi connectivity index (χ3n) is 3.63. The molecule has 2 aromatic carbocycles. The maximum atomic E-state index is 7.76. The first kappa shape index (κ1) is 18.5. The molecule has 0 aliphatic heterocycles. The van der Waals surface area contributed by atoms with Gasteiger partial charge in [-0.3, -0.25) is 10.8 Å². The van der Waals surface area contributed by atoms with Gasteiger partial charge in [0.2, 0.25) is 11.8 Å². The van der Waals surface area contributed by atoms with Crippen LogP contribution in [0.3, 0.4) is 0 Å². The van der Waals surface area contributed by atoms with Crippen LogP contribution < -0.4 is 0 Å². The first-order valence-electron chi connectivity index (χ1n) is 8.43. The Balaban J connectivity index is 1.92. The van der Waals surface area contributed by atoms with Gasteiger partial charge in [0.15, 0.2) is 0 Å². The summed E-state index contributed by atoms with van der Waals surface area (Å²) >= 11 is 0. The number of hydrogen-bond donors (Lipinski definition) is 2. The number of allylic oxidation sites excluding steroid dienone is 1. The highest BCUT2D eigenvalue weighted by Gasteiger charge is 2.02. The number of hydrogen-bond acceptors (Lipinski definition) is 4. The second-order valence-corrected chi connectivity index (χ2v) is 5.45. The second-order valence-electron chi connectivity index (χ2n) is 5.45. The van der Waals surface area contributed by atoms with E-state index in [1.807, 2.05) is 62.4 Å². The molecule has 0 atom stereocenters. The average molecular weight is 336 g/mol. The van der Waals surface area contributed by atoms with Gasteiger partial charge in [-0.1, -0.05) is 36.4 Å². The van der Waals surface area contributed by atoms with Crippen LogP contribution in [0.25, 0.3) is 6.08 Å². The molecule has 0 heterocycles. The molecule has 0 spiro atoms. The predicted molar refractivity (Wildman–Crippen MR) is 103 cm³/mol. The van der Waals surface area contributed by atoms with Crippen LogP contribution in [0.15, 0.2) is 54.6 Å². The normalized spacial score (nSPS) is 10.6. The standard InChI is InChI=1S/C21H24N2O2/c1-3-24-20(22)18-12-8-16(9-13-18)6-5-7-17-10-14-19(15-11-17)21(23)25-4-2/h5-6,8-15,22-23H,3-4,7H2,1-2H3. The van der Waals surface area contributed by atoms with E-state index < -0.39 is 0 Å². The molecule has 0 saturated heterocycles. The van der Waals surface area contributed by atoms with Crippen molar-refractivity contribution >= 4 is 17.9 Å². The molecule has 0 aromatic heterocycles. The van der Waals surface area contributed by atoms with Gasteiger partial charge >= 0.3 is 0 Å². The Morgan fingerprint density at radius 3 is 1.76 bits per heavy atom. The average Bonchev–Trinajstić information content (AvgIpc) is 2.63. The monoisotopic (exact) mass is 336 g/mol.